The van der Waals surface area contributed by atoms with Crippen LogP contribution < -0.4 is 26.6 Å². The van der Waals surface area contributed by atoms with Crippen molar-refractivity contribution < 1.29 is 33.8 Å². The third-order valence-electron chi connectivity index (χ3n) is 10.8. The molecule has 0 unspecified atom stereocenters. The van der Waals surface area contributed by atoms with Crippen molar-refractivity contribution in [3.05, 3.63) is 84.2 Å². The smallest absolute Gasteiger partial charge is 0.419 e. The maximum absolute atomic E-state index is 14.6. The van der Waals surface area contributed by atoms with E-state index in [1.807, 2.05) is 70.2 Å². The second-order valence-electron chi connectivity index (χ2n) is 17.4. The van der Waals surface area contributed by atoms with Crippen LogP contribution in [0.25, 0.3) is 0 Å². The van der Waals surface area contributed by atoms with Crippen LogP contribution in [0.4, 0.5) is 4.79 Å². The Hall–Kier alpha value is -5.19. The minimum absolute atomic E-state index is 0.0101. The van der Waals surface area contributed by atoms with Crippen molar-refractivity contribution >= 4 is 29.7 Å². The van der Waals surface area contributed by atoms with Crippen molar-refractivity contribution in [1.82, 2.24) is 46.0 Å². The number of nitrogens with zero attached hydrogens (tertiary/aromatic N) is 4. The second-order valence-corrected chi connectivity index (χ2v) is 17.4. The first-order chi connectivity index (χ1) is 28.9. The van der Waals surface area contributed by atoms with Gasteiger partial charge in [-0.05, 0) is 76.1 Å². The van der Waals surface area contributed by atoms with Crippen LogP contribution in [0.2, 0.25) is 0 Å². The van der Waals surface area contributed by atoms with Gasteiger partial charge in [0.25, 0.3) is 0 Å². The Kier molecular flexibility index (Phi) is 18.4. The molecule has 1 aromatic carbocycles. The largest absolute Gasteiger partial charge is 0.443 e. The van der Waals surface area contributed by atoms with Crippen molar-refractivity contribution in [2.45, 2.75) is 135 Å². The van der Waals surface area contributed by atoms with E-state index in [9.17, 15) is 29.1 Å². The number of imidazole rings is 1. The van der Waals surface area contributed by atoms with Crippen LogP contribution in [0, 0.1) is 11.8 Å². The molecule has 6 N–H and O–H groups in total. The summed E-state index contributed by atoms with van der Waals surface area (Å²) in [4.78, 5) is 78.9. The lowest BCUT2D eigenvalue weighted by Crippen LogP contribution is -2.59. The lowest BCUT2D eigenvalue weighted by atomic mass is 9.95. The van der Waals surface area contributed by atoms with Crippen molar-refractivity contribution in [3.8, 4) is 0 Å². The number of nitrogens with one attached hydrogen (secondary N) is 5. The van der Waals surface area contributed by atoms with Gasteiger partial charge < -0.3 is 41.3 Å². The molecule has 0 saturated carbocycles. The summed E-state index contributed by atoms with van der Waals surface area (Å²) in [7, 11) is 1.51. The fraction of sp³-hybridized carbons (Fsp3) is 0.578. The zero-order valence-corrected chi connectivity index (χ0v) is 37.0. The zero-order chi connectivity index (χ0) is 44.7. The number of aliphatic hydroxyl groups excluding tert-OH is 1. The van der Waals surface area contributed by atoms with E-state index < -0.39 is 59.8 Å². The number of carbonyl (C=O) groups excluding carboxylic acids is 5. The van der Waals surface area contributed by atoms with Gasteiger partial charge in [0.15, 0.2) is 0 Å². The van der Waals surface area contributed by atoms with Crippen LogP contribution in [0.5, 0.6) is 0 Å². The number of ether oxygens (including phenoxy) is 1. The van der Waals surface area contributed by atoms with Gasteiger partial charge in [0.05, 0.1) is 42.2 Å². The minimum Gasteiger partial charge on any atom is -0.443 e. The lowest BCUT2D eigenvalue weighted by molar-refractivity contribution is -0.142. The fourth-order valence-corrected chi connectivity index (χ4v) is 7.18. The van der Waals surface area contributed by atoms with E-state index >= 15 is 0 Å². The number of carbonyl (C=O) groups is 5. The quantitative estimate of drug-likeness (QED) is 0.0919. The molecule has 1 fully saturated rings. The van der Waals surface area contributed by atoms with Crippen molar-refractivity contribution in [2.24, 2.45) is 11.8 Å². The van der Waals surface area contributed by atoms with E-state index in [-0.39, 0.29) is 49.6 Å². The summed E-state index contributed by atoms with van der Waals surface area (Å²) in [6.45, 7) is 14.1. The van der Waals surface area contributed by atoms with Crippen LogP contribution in [0.1, 0.15) is 91.1 Å². The summed E-state index contributed by atoms with van der Waals surface area (Å²) in [5.74, 6) is -1.63. The first-order valence-corrected chi connectivity index (χ1v) is 21.5. The Morgan fingerprint density at radius 2 is 1.69 bits per heavy atom. The summed E-state index contributed by atoms with van der Waals surface area (Å²) in [6, 6.07) is 10.7. The molecule has 16 nitrogen and oxygen atoms in total. The predicted octanol–water partition coefficient (Wildman–Crippen LogP) is 3.12. The lowest BCUT2D eigenvalue weighted by Gasteiger charge is -2.34. The zero-order valence-electron chi connectivity index (χ0n) is 37.0. The van der Waals surface area contributed by atoms with Gasteiger partial charge in [0.1, 0.15) is 24.0 Å². The van der Waals surface area contributed by atoms with Crippen molar-refractivity contribution in [3.63, 3.8) is 0 Å². The number of hydrogen-bond donors (Lipinski definition) is 6. The van der Waals surface area contributed by atoms with Gasteiger partial charge in [-0.1, -0.05) is 70.5 Å². The molecular formula is C45H67N9O7. The molecular weight excluding hydrogens is 779 g/mol. The molecule has 0 bridgehead atoms. The molecule has 1 aliphatic heterocycles. The highest BCUT2D eigenvalue weighted by molar-refractivity contribution is 5.93. The SMILES string of the molecule is CC[C@H](C)[C@H](NC[C@H](O)[C@H](CC(C)C)NC(=O)[C@H](Cc1cn(C(=O)OC(C)(C)C)cn1)N(C)C(=O)[C@H](Cc1ccccc1)NC(=O)[C@@H]1CCCN1)C(=O)NCc1ccccn1. The van der Waals surface area contributed by atoms with Crippen LogP contribution in [0.3, 0.4) is 0 Å². The summed E-state index contributed by atoms with van der Waals surface area (Å²) < 4.78 is 6.68. The number of benzene rings is 1. The van der Waals surface area contributed by atoms with Crippen LogP contribution >= 0.6 is 0 Å². The average Bonchev–Trinajstić information content (AvgIpc) is 3.95. The van der Waals surface area contributed by atoms with Crippen LogP contribution in [0.15, 0.2) is 67.3 Å². The van der Waals surface area contributed by atoms with Crippen LogP contribution in [-0.2, 0) is 43.3 Å². The molecule has 1 aliphatic rings. The maximum atomic E-state index is 14.6. The van der Waals surface area contributed by atoms with Crippen molar-refractivity contribution in [2.75, 3.05) is 20.1 Å². The molecule has 4 rings (SSSR count). The number of hydrogen-bond acceptors (Lipinski definition) is 11. The highest BCUT2D eigenvalue weighted by Crippen LogP contribution is 2.17. The van der Waals surface area contributed by atoms with E-state index in [0.717, 1.165) is 12.0 Å². The molecule has 1 saturated heterocycles. The molecule has 0 aliphatic carbocycles. The highest BCUT2D eigenvalue weighted by Gasteiger charge is 2.37. The number of pyridine rings is 1. The standard InChI is InChI=1S/C45H67N9O7/c1-9-30(4)39(42(58)49-25-32-18-13-14-20-46-32)48-26-38(55)35(22-29(2)3)51-41(57)37(24-33-27-54(28-50-33)44(60)61-45(5,6)7)53(8)43(59)36(23-31-16-11-10-12-17-31)52-40(56)34-19-15-21-47-34/h10-14,16-18,20,27-30,34-39,47-48,55H,9,15,19,21-26H2,1-8H3,(H,49,58)(H,51,57)(H,52,56)/t30-,34-,35-,36-,37-,38-,39-/m0/s1. The molecule has 16 heteroatoms. The van der Waals surface area contributed by atoms with E-state index in [1.54, 1.807) is 33.0 Å². The third kappa shape index (κ3) is 15.3. The third-order valence-corrected chi connectivity index (χ3v) is 10.8. The van der Waals surface area contributed by atoms with Gasteiger partial charge in [-0.15, -0.1) is 0 Å². The van der Waals surface area contributed by atoms with Crippen molar-refractivity contribution in [1.29, 1.82) is 0 Å². The summed E-state index contributed by atoms with van der Waals surface area (Å²) >= 11 is 0. The normalized spacial score (nSPS) is 17.0. The van der Waals surface area contributed by atoms with Gasteiger partial charge in [-0.3, -0.25) is 24.2 Å². The topological polar surface area (TPSA) is 209 Å². The molecule has 334 valence electrons. The molecule has 3 aromatic rings. The van der Waals surface area contributed by atoms with E-state index in [2.05, 4.69) is 36.6 Å². The molecule has 4 amide bonds. The first kappa shape index (κ1) is 48.5. The molecule has 0 radical (unpaired) electrons. The Bertz CT molecular complexity index is 1860. The fourth-order valence-electron chi connectivity index (χ4n) is 7.18. The maximum Gasteiger partial charge on any atom is 0.419 e. The molecule has 2 aromatic heterocycles. The monoisotopic (exact) mass is 846 g/mol. The Labute approximate surface area is 360 Å². The van der Waals surface area contributed by atoms with Gasteiger partial charge >= 0.3 is 6.09 Å². The summed E-state index contributed by atoms with van der Waals surface area (Å²) in [5.41, 5.74) is 1.11. The second kappa shape index (κ2) is 23.1. The Morgan fingerprint density at radius 3 is 2.31 bits per heavy atom. The Balaban J connectivity index is 1.59. The number of aliphatic hydroxyl groups is 1. The number of rotatable bonds is 21. The number of aromatic nitrogens is 3. The first-order valence-electron chi connectivity index (χ1n) is 21.5. The van der Waals surface area contributed by atoms with E-state index in [4.69, 9.17) is 4.74 Å². The summed E-state index contributed by atoms with van der Waals surface area (Å²) in [5, 5.41) is 27.1. The molecule has 3 heterocycles. The molecule has 61 heavy (non-hydrogen) atoms. The highest BCUT2D eigenvalue weighted by atomic mass is 16.6. The van der Waals surface area contributed by atoms with E-state index in [1.165, 1.54) is 29.0 Å². The number of likely N-dealkylation sites (N-methyl/N-ethyl adjacent to an activating group) is 1. The van der Waals surface area contributed by atoms with Gasteiger partial charge in [0, 0.05) is 38.8 Å². The van der Waals surface area contributed by atoms with Gasteiger partial charge in [0.2, 0.25) is 23.6 Å². The van der Waals surface area contributed by atoms with Gasteiger partial charge in [-0.25, -0.2) is 14.3 Å². The van der Waals surface area contributed by atoms with Gasteiger partial charge in [-0.2, -0.15) is 0 Å². The van der Waals surface area contributed by atoms with E-state index in [0.29, 0.717) is 37.2 Å². The predicted molar refractivity (Wildman–Crippen MR) is 232 cm³/mol. The number of amides is 4. The summed E-state index contributed by atoms with van der Waals surface area (Å²) in [6.07, 6.45) is 5.27. The van der Waals surface area contributed by atoms with Crippen LogP contribution in [-0.4, -0.2) is 116 Å². The molecule has 0 spiro atoms. The molecule has 7 atom stereocenters. The Morgan fingerprint density at radius 1 is 0.967 bits per heavy atom. The average molecular weight is 846 g/mol. The minimum atomic E-state index is -1.19.